The van der Waals surface area contributed by atoms with E-state index in [2.05, 4.69) is 0 Å². The van der Waals surface area contributed by atoms with E-state index in [4.69, 9.17) is 16.3 Å². The Balaban J connectivity index is 1.53. The Morgan fingerprint density at radius 2 is 1.94 bits per heavy atom. The number of carbonyl (C=O) groups is 2. The van der Waals surface area contributed by atoms with Gasteiger partial charge in [-0.05, 0) is 92.2 Å². The highest BCUT2D eigenvalue weighted by atomic mass is 35.5. The molecule has 2 heterocycles. The van der Waals surface area contributed by atoms with Crippen molar-refractivity contribution in [1.82, 2.24) is 9.80 Å². The van der Waals surface area contributed by atoms with Crippen LogP contribution in [0.2, 0.25) is 5.02 Å². The Labute approximate surface area is 214 Å². The van der Waals surface area contributed by atoms with E-state index in [1.165, 1.54) is 34.0 Å². The third-order valence-corrected chi connectivity index (χ3v) is 7.65. The summed E-state index contributed by atoms with van der Waals surface area (Å²) in [6.45, 7) is 6.43. The number of thiophene rings is 1. The molecule has 35 heavy (non-hydrogen) atoms. The van der Waals surface area contributed by atoms with Gasteiger partial charge in [-0.2, -0.15) is 0 Å². The summed E-state index contributed by atoms with van der Waals surface area (Å²) < 4.78 is 19.4. The van der Waals surface area contributed by atoms with Gasteiger partial charge in [-0.3, -0.25) is 9.59 Å². The van der Waals surface area contributed by atoms with Gasteiger partial charge in [-0.1, -0.05) is 11.6 Å². The number of ether oxygens (including phenoxy) is 1. The topological polar surface area (TPSA) is 49.9 Å². The zero-order valence-electron chi connectivity index (χ0n) is 20.0. The van der Waals surface area contributed by atoms with E-state index in [-0.39, 0.29) is 30.4 Å². The minimum absolute atomic E-state index is 0.0656. The van der Waals surface area contributed by atoms with Crippen molar-refractivity contribution in [3.05, 3.63) is 86.3 Å². The minimum atomic E-state index is -0.410. The number of rotatable bonds is 7. The number of amides is 2. The first kappa shape index (κ1) is 25.2. The molecule has 1 aromatic heterocycles. The van der Waals surface area contributed by atoms with E-state index in [9.17, 15) is 14.0 Å². The lowest BCUT2D eigenvalue weighted by Crippen LogP contribution is -2.49. The summed E-state index contributed by atoms with van der Waals surface area (Å²) in [5, 5.41) is 2.71. The second-order valence-electron chi connectivity index (χ2n) is 8.91. The molecule has 2 amide bonds. The molecule has 0 saturated carbocycles. The van der Waals surface area contributed by atoms with Crippen molar-refractivity contribution in [1.29, 1.82) is 0 Å². The lowest BCUT2D eigenvalue weighted by atomic mass is 10.00. The van der Waals surface area contributed by atoms with Gasteiger partial charge >= 0.3 is 0 Å². The van der Waals surface area contributed by atoms with Gasteiger partial charge in [0.25, 0.3) is 5.91 Å². The van der Waals surface area contributed by atoms with Gasteiger partial charge < -0.3 is 14.5 Å². The SMILES string of the molecule is Cc1cc(OC[C@@H]2c3ccsc3CCN2C(=O)CN(C(=O)c2ccc(F)cc2)C(C)C)ccc1Cl. The average molecular weight is 515 g/mol. The third-order valence-electron chi connectivity index (χ3n) is 6.23. The van der Waals surface area contributed by atoms with Crippen LogP contribution in [0, 0.1) is 12.7 Å². The molecule has 1 atom stereocenters. The maximum atomic E-state index is 13.6. The first-order valence-electron chi connectivity index (χ1n) is 11.6. The van der Waals surface area contributed by atoms with Gasteiger partial charge in [0, 0.05) is 28.0 Å². The van der Waals surface area contributed by atoms with Crippen LogP contribution in [0.5, 0.6) is 5.75 Å². The molecule has 0 fully saturated rings. The van der Waals surface area contributed by atoms with Gasteiger partial charge in [0.1, 0.15) is 24.7 Å². The van der Waals surface area contributed by atoms with Gasteiger partial charge in [0.2, 0.25) is 5.91 Å². The number of nitrogens with zero attached hydrogens (tertiary/aromatic N) is 2. The van der Waals surface area contributed by atoms with Crippen LogP contribution in [-0.2, 0) is 11.2 Å². The van der Waals surface area contributed by atoms with Crippen molar-refractivity contribution in [3.8, 4) is 5.75 Å². The Hall–Kier alpha value is -2.90. The van der Waals surface area contributed by atoms with Crippen LogP contribution in [-0.4, -0.2) is 47.4 Å². The van der Waals surface area contributed by atoms with Crippen LogP contribution in [0.1, 0.15) is 46.3 Å². The van der Waals surface area contributed by atoms with E-state index in [1.54, 1.807) is 17.4 Å². The van der Waals surface area contributed by atoms with E-state index in [0.717, 1.165) is 17.5 Å². The largest absolute Gasteiger partial charge is 0.491 e. The van der Waals surface area contributed by atoms with Crippen molar-refractivity contribution in [3.63, 3.8) is 0 Å². The lowest BCUT2D eigenvalue weighted by Gasteiger charge is -2.37. The second-order valence-corrected chi connectivity index (χ2v) is 10.3. The van der Waals surface area contributed by atoms with Crippen molar-refractivity contribution < 1.29 is 18.7 Å². The first-order valence-corrected chi connectivity index (χ1v) is 12.8. The molecule has 0 radical (unpaired) electrons. The Bertz CT molecular complexity index is 1210. The Morgan fingerprint density at radius 3 is 2.63 bits per heavy atom. The molecule has 4 rings (SSSR count). The monoisotopic (exact) mass is 514 g/mol. The van der Waals surface area contributed by atoms with Crippen LogP contribution >= 0.6 is 22.9 Å². The maximum Gasteiger partial charge on any atom is 0.254 e. The van der Waals surface area contributed by atoms with Crippen LogP contribution < -0.4 is 4.74 Å². The van der Waals surface area contributed by atoms with Crippen LogP contribution in [0.25, 0.3) is 0 Å². The van der Waals surface area contributed by atoms with Crippen molar-refractivity contribution in [2.45, 2.75) is 39.3 Å². The molecular weight excluding hydrogens is 487 g/mol. The number of benzene rings is 2. The molecule has 8 heteroatoms. The average Bonchev–Trinajstić information content (AvgIpc) is 3.32. The van der Waals surface area contributed by atoms with E-state index >= 15 is 0 Å². The normalized spacial score (nSPS) is 15.1. The highest BCUT2D eigenvalue weighted by Gasteiger charge is 2.34. The molecule has 0 saturated heterocycles. The number of hydrogen-bond acceptors (Lipinski definition) is 4. The van der Waals surface area contributed by atoms with Gasteiger partial charge in [-0.15, -0.1) is 11.3 Å². The highest BCUT2D eigenvalue weighted by molar-refractivity contribution is 7.10. The fourth-order valence-corrected chi connectivity index (χ4v) is 5.29. The molecule has 0 aliphatic carbocycles. The Kier molecular flexibility index (Phi) is 7.77. The Morgan fingerprint density at radius 1 is 1.20 bits per heavy atom. The predicted molar refractivity (Wildman–Crippen MR) is 137 cm³/mol. The molecule has 3 aromatic rings. The zero-order chi connectivity index (χ0) is 25.1. The molecule has 184 valence electrons. The fraction of sp³-hybridized carbons (Fsp3) is 0.333. The van der Waals surface area contributed by atoms with Crippen LogP contribution in [0.4, 0.5) is 4.39 Å². The van der Waals surface area contributed by atoms with E-state index < -0.39 is 5.82 Å². The van der Waals surface area contributed by atoms with E-state index in [0.29, 0.717) is 29.5 Å². The second kappa shape index (κ2) is 10.8. The number of fused-ring (bicyclic) bond motifs is 1. The van der Waals surface area contributed by atoms with Gasteiger partial charge in [0.15, 0.2) is 0 Å². The van der Waals surface area contributed by atoms with Crippen molar-refractivity contribution >= 4 is 34.8 Å². The van der Waals surface area contributed by atoms with Crippen LogP contribution in [0.15, 0.2) is 53.9 Å². The van der Waals surface area contributed by atoms with Crippen molar-refractivity contribution in [2.75, 3.05) is 19.7 Å². The smallest absolute Gasteiger partial charge is 0.254 e. The third kappa shape index (κ3) is 5.68. The molecule has 0 N–H and O–H groups in total. The molecule has 2 aromatic carbocycles. The summed E-state index contributed by atoms with van der Waals surface area (Å²) in [5.41, 5.74) is 2.36. The van der Waals surface area contributed by atoms with Crippen LogP contribution in [0.3, 0.4) is 0 Å². The van der Waals surface area contributed by atoms with Crippen molar-refractivity contribution in [2.24, 2.45) is 0 Å². The summed E-state index contributed by atoms with van der Waals surface area (Å²) in [4.78, 5) is 31.3. The molecule has 1 aliphatic heterocycles. The summed E-state index contributed by atoms with van der Waals surface area (Å²) in [7, 11) is 0. The highest BCUT2D eigenvalue weighted by Crippen LogP contribution is 2.34. The summed E-state index contributed by atoms with van der Waals surface area (Å²) >= 11 is 7.83. The molecular formula is C27H28ClFN2O3S. The minimum Gasteiger partial charge on any atom is -0.491 e. The number of hydrogen-bond donors (Lipinski definition) is 0. The maximum absolute atomic E-state index is 13.6. The first-order chi connectivity index (χ1) is 16.7. The lowest BCUT2D eigenvalue weighted by molar-refractivity contribution is -0.136. The fourth-order valence-electron chi connectivity index (χ4n) is 4.24. The predicted octanol–water partition coefficient (Wildman–Crippen LogP) is 5.90. The molecule has 0 bridgehead atoms. The van der Waals surface area contributed by atoms with Gasteiger partial charge in [-0.25, -0.2) is 4.39 Å². The zero-order valence-corrected chi connectivity index (χ0v) is 21.5. The number of carbonyl (C=O) groups excluding carboxylic acids is 2. The summed E-state index contributed by atoms with van der Waals surface area (Å²) in [6.07, 6.45) is 0.767. The number of aryl methyl sites for hydroxylation is 1. The number of halogens is 2. The summed E-state index contributed by atoms with van der Waals surface area (Å²) in [5.74, 6) is -0.165. The quantitative estimate of drug-likeness (QED) is 0.394. The molecule has 5 nitrogen and oxygen atoms in total. The summed E-state index contributed by atoms with van der Waals surface area (Å²) in [6, 6.07) is 12.5. The van der Waals surface area contributed by atoms with Gasteiger partial charge in [0.05, 0.1) is 6.04 Å². The molecule has 0 unspecified atom stereocenters. The standard InChI is InChI=1S/C27H28ClFN2O3S/c1-17(2)31(27(33)19-4-6-20(29)7-5-19)15-26(32)30-12-10-25-22(11-13-35-25)24(30)16-34-21-8-9-23(28)18(3)14-21/h4-9,11,13-14,17,24H,10,12,15-16H2,1-3H3/t24-/m1/s1. The van der Waals surface area contributed by atoms with E-state index in [1.807, 2.05) is 49.3 Å². The molecule has 0 spiro atoms. The molecule has 1 aliphatic rings.